The molecule has 1 N–H and O–H groups in total. The average molecular weight is 340 g/mol. The molecular weight excluding hydrogens is 320 g/mol. The minimum absolute atomic E-state index is 0.158. The van der Waals surface area contributed by atoms with Gasteiger partial charge < -0.3 is 14.4 Å². The fourth-order valence-corrected chi connectivity index (χ4v) is 2.73. The van der Waals surface area contributed by atoms with Crippen LogP contribution in [0.4, 0.5) is 16.2 Å². The Morgan fingerprint density at radius 3 is 2.72 bits per heavy atom. The summed E-state index contributed by atoms with van der Waals surface area (Å²) >= 11 is 0. The van der Waals surface area contributed by atoms with Gasteiger partial charge in [-0.3, -0.25) is 10.1 Å². The fraction of sp³-hybridized carbons (Fsp3) is 0.263. The van der Waals surface area contributed by atoms with Gasteiger partial charge in [-0.15, -0.1) is 0 Å². The SMILES string of the molecule is CCCN1C(=O)c2cc(NC(=O)OCC)ccc2Oc2ccccc21. The number of amides is 2. The monoisotopic (exact) mass is 340 g/mol. The average Bonchev–Trinajstić information content (AvgIpc) is 2.71. The summed E-state index contributed by atoms with van der Waals surface area (Å²) in [5, 5.41) is 2.61. The van der Waals surface area contributed by atoms with Crippen molar-refractivity contribution in [3.63, 3.8) is 0 Å². The van der Waals surface area contributed by atoms with E-state index in [1.54, 1.807) is 30.0 Å². The third kappa shape index (κ3) is 3.42. The van der Waals surface area contributed by atoms with Crippen molar-refractivity contribution in [2.24, 2.45) is 0 Å². The van der Waals surface area contributed by atoms with Crippen LogP contribution in [0.3, 0.4) is 0 Å². The molecule has 1 heterocycles. The number of ether oxygens (including phenoxy) is 2. The first kappa shape index (κ1) is 16.8. The number of rotatable bonds is 4. The predicted molar refractivity (Wildman–Crippen MR) is 95.6 cm³/mol. The predicted octanol–water partition coefficient (Wildman–Crippen LogP) is 4.42. The summed E-state index contributed by atoms with van der Waals surface area (Å²) < 4.78 is 10.8. The standard InChI is InChI=1S/C19H20N2O4/c1-3-11-21-15-7-5-6-8-17(15)25-16-10-9-13(12-14(16)18(21)22)20-19(23)24-4-2/h5-10,12H,3-4,11H2,1-2H3,(H,20,23). The van der Waals surface area contributed by atoms with E-state index in [0.717, 1.165) is 12.1 Å². The van der Waals surface area contributed by atoms with E-state index in [2.05, 4.69) is 5.32 Å². The summed E-state index contributed by atoms with van der Waals surface area (Å²) in [6, 6.07) is 12.4. The van der Waals surface area contributed by atoms with Gasteiger partial charge in [0, 0.05) is 12.2 Å². The number of carbonyl (C=O) groups is 2. The lowest BCUT2D eigenvalue weighted by Gasteiger charge is -2.21. The Labute approximate surface area is 146 Å². The summed E-state index contributed by atoms with van der Waals surface area (Å²) in [6.07, 6.45) is 0.258. The van der Waals surface area contributed by atoms with E-state index in [-0.39, 0.29) is 12.5 Å². The molecule has 130 valence electrons. The molecular formula is C19H20N2O4. The van der Waals surface area contributed by atoms with Crippen LogP contribution in [0, 0.1) is 0 Å². The third-order valence-electron chi connectivity index (χ3n) is 3.80. The van der Waals surface area contributed by atoms with E-state index < -0.39 is 6.09 Å². The van der Waals surface area contributed by atoms with Crippen molar-refractivity contribution >= 4 is 23.4 Å². The highest BCUT2D eigenvalue weighted by Gasteiger charge is 2.27. The second-order valence-corrected chi connectivity index (χ2v) is 5.58. The third-order valence-corrected chi connectivity index (χ3v) is 3.80. The van der Waals surface area contributed by atoms with Gasteiger partial charge in [0.15, 0.2) is 5.75 Å². The Morgan fingerprint density at radius 2 is 1.96 bits per heavy atom. The van der Waals surface area contributed by atoms with Crippen LogP contribution in [0.25, 0.3) is 0 Å². The maximum Gasteiger partial charge on any atom is 0.411 e. The zero-order valence-corrected chi connectivity index (χ0v) is 14.2. The van der Waals surface area contributed by atoms with Crippen LogP contribution in [0.2, 0.25) is 0 Å². The van der Waals surface area contributed by atoms with E-state index in [1.807, 2.05) is 31.2 Å². The summed E-state index contributed by atoms with van der Waals surface area (Å²) in [4.78, 5) is 26.4. The Hall–Kier alpha value is -3.02. The molecule has 6 heteroatoms. The number of hydrogen-bond acceptors (Lipinski definition) is 4. The van der Waals surface area contributed by atoms with Crippen molar-refractivity contribution in [1.82, 2.24) is 0 Å². The van der Waals surface area contributed by atoms with Crippen LogP contribution in [-0.4, -0.2) is 25.2 Å². The van der Waals surface area contributed by atoms with E-state index in [9.17, 15) is 9.59 Å². The van der Waals surface area contributed by atoms with Crippen LogP contribution < -0.4 is 15.0 Å². The number of para-hydroxylation sites is 2. The van der Waals surface area contributed by atoms with Gasteiger partial charge in [-0.25, -0.2) is 4.79 Å². The molecule has 0 fully saturated rings. The molecule has 0 aromatic heterocycles. The number of hydrogen-bond donors (Lipinski definition) is 1. The molecule has 0 spiro atoms. The summed E-state index contributed by atoms with van der Waals surface area (Å²) in [5.41, 5.74) is 1.63. The maximum absolute atomic E-state index is 13.1. The van der Waals surface area contributed by atoms with E-state index in [4.69, 9.17) is 9.47 Å². The Kier molecular flexibility index (Phi) is 4.88. The molecule has 2 aromatic rings. The van der Waals surface area contributed by atoms with Crippen LogP contribution in [0.15, 0.2) is 42.5 Å². The largest absolute Gasteiger partial charge is 0.454 e. The number of nitrogens with zero attached hydrogens (tertiary/aromatic N) is 1. The number of anilines is 2. The second kappa shape index (κ2) is 7.25. The minimum Gasteiger partial charge on any atom is -0.454 e. The van der Waals surface area contributed by atoms with E-state index in [1.165, 1.54) is 0 Å². The van der Waals surface area contributed by atoms with E-state index in [0.29, 0.717) is 29.3 Å². The van der Waals surface area contributed by atoms with Crippen LogP contribution in [-0.2, 0) is 4.74 Å². The molecule has 3 rings (SSSR count). The smallest absolute Gasteiger partial charge is 0.411 e. The normalized spacial score (nSPS) is 12.6. The fourth-order valence-electron chi connectivity index (χ4n) is 2.73. The zero-order chi connectivity index (χ0) is 17.8. The number of fused-ring (bicyclic) bond motifs is 2. The molecule has 0 saturated carbocycles. The highest BCUT2D eigenvalue weighted by molar-refractivity contribution is 6.10. The molecule has 0 atom stereocenters. The first-order valence-corrected chi connectivity index (χ1v) is 8.30. The van der Waals surface area contributed by atoms with Gasteiger partial charge in [0.25, 0.3) is 5.91 Å². The molecule has 0 unspecified atom stereocenters. The Balaban J connectivity index is 2.00. The van der Waals surface area contributed by atoms with Gasteiger partial charge in [0.2, 0.25) is 0 Å². The highest BCUT2D eigenvalue weighted by Crippen LogP contribution is 2.39. The molecule has 2 amide bonds. The van der Waals surface area contributed by atoms with Crippen LogP contribution in [0.1, 0.15) is 30.6 Å². The van der Waals surface area contributed by atoms with Gasteiger partial charge in [0.1, 0.15) is 5.75 Å². The lowest BCUT2D eigenvalue weighted by molar-refractivity contribution is 0.0987. The first-order valence-electron chi connectivity index (χ1n) is 8.30. The second-order valence-electron chi connectivity index (χ2n) is 5.58. The van der Waals surface area contributed by atoms with Crippen LogP contribution >= 0.6 is 0 Å². The quantitative estimate of drug-likeness (QED) is 0.895. The van der Waals surface area contributed by atoms with Gasteiger partial charge in [-0.05, 0) is 43.7 Å². The maximum atomic E-state index is 13.1. The van der Waals surface area contributed by atoms with Crippen molar-refractivity contribution < 1.29 is 19.1 Å². The van der Waals surface area contributed by atoms with Gasteiger partial charge >= 0.3 is 6.09 Å². The van der Waals surface area contributed by atoms with Crippen molar-refractivity contribution in [1.29, 1.82) is 0 Å². The molecule has 0 bridgehead atoms. The Morgan fingerprint density at radius 1 is 1.16 bits per heavy atom. The summed E-state index contributed by atoms with van der Waals surface area (Å²) in [5.74, 6) is 0.939. The van der Waals surface area contributed by atoms with Gasteiger partial charge in [-0.2, -0.15) is 0 Å². The number of nitrogens with one attached hydrogen (secondary N) is 1. The van der Waals surface area contributed by atoms with Crippen molar-refractivity contribution in [3.05, 3.63) is 48.0 Å². The molecule has 0 radical (unpaired) electrons. The number of benzene rings is 2. The lowest BCUT2D eigenvalue weighted by Crippen LogP contribution is -2.31. The minimum atomic E-state index is -0.557. The molecule has 6 nitrogen and oxygen atoms in total. The van der Waals surface area contributed by atoms with Crippen molar-refractivity contribution in [3.8, 4) is 11.5 Å². The molecule has 1 aliphatic heterocycles. The lowest BCUT2D eigenvalue weighted by atomic mass is 10.1. The number of carbonyl (C=O) groups excluding carboxylic acids is 2. The van der Waals surface area contributed by atoms with Gasteiger partial charge in [-0.1, -0.05) is 19.1 Å². The molecule has 2 aromatic carbocycles. The van der Waals surface area contributed by atoms with Crippen molar-refractivity contribution in [2.45, 2.75) is 20.3 Å². The summed E-state index contributed by atoms with van der Waals surface area (Å²) in [6.45, 7) is 4.60. The van der Waals surface area contributed by atoms with Gasteiger partial charge in [0.05, 0.1) is 17.9 Å². The molecule has 1 aliphatic rings. The highest BCUT2D eigenvalue weighted by atomic mass is 16.5. The molecule has 0 saturated heterocycles. The summed E-state index contributed by atoms with van der Waals surface area (Å²) in [7, 11) is 0. The van der Waals surface area contributed by atoms with E-state index >= 15 is 0 Å². The Bertz CT molecular complexity index is 804. The zero-order valence-electron chi connectivity index (χ0n) is 14.2. The van der Waals surface area contributed by atoms with Crippen LogP contribution in [0.5, 0.6) is 11.5 Å². The van der Waals surface area contributed by atoms with Crippen molar-refractivity contribution in [2.75, 3.05) is 23.4 Å². The topological polar surface area (TPSA) is 67.9 Å². The molecule has 0 aliphatic carbocycles. The first-order chi connectivity index (χ1) is 12.1. The molecule has 25 heavy (non-hydrogen) atoms.